The van der Waals surface area contributed by atoms with E-state index in [4.69, 9.17) is 16.9 Å². The number of amides is 1. The third-order valence-electron chi connectivity index (χ3n) is 13.8. The lowest BCUT2D eigenvalue weighted by molar-refractivity contribution is -0.124. The van der Waals surface area contributed by atoms with Crippen LogP contribution in [0, 0.1) is 29.1 Å². The average Bonchev–Trinajstić information content (AvgIpc) is 3.51. The Balaban J connectivity index is 1.24. The molecule has 4 aliphatic carbocycles. The molecule has 0 aromatic heterocycles. The first kappa shape index (κ1) is 33.8. The monoisotopic (exact) mass is 661 g/mol. The summed E-state index contributed by atoms with van der Waals surface area (Å²) in [7, 11) is 0. The van der Waals surface area contributed by atoms with E-state index in [1.54, 1.807) is 0 Å². The fraction of sp³-hybridized carbons (Fsp3) is 0.800. The molecule has 1 saturated heterocycles. The first-order valence-electron chi connectivity index (χ1n) is 19.9. The highest BCUT2D eigenvalue weighted by Gasteiger charge is 2.55. The van der Waals surface area contributed by atoms with Crippen LogP contribution in [0.15, 0.2) is 18.2 Å². The number of benzene rings is 1. The van der Waals surface area contributed by atoms with E-state index in [0.717, 1.165) is 49.6 Å². The van der Waals surface area contributed by atoms with Crippen molar-refractivity contribution in [1.29, 1.82) is 5.41 Å². The number of rotatable bonds is 7. The predicted octanol–water partition coefficient (Wildman–Crippen LogP) is 8.25. The van der Waals surface area contributed by atoms with Crippen LogP contribution in [0.2, 0.25) is 0 Å². The summed E-state index contributed by atoms with van der Waals surface area (Å²) < 4.78 is 0.439. The maximum atomic E-state index is 14.9. The van der Waals surface area contributed by atoms with Crippen LogP contribution in [0.4, 0.5) is 5.69 Å². The molecule has 47 heavy (non-hydrogen) atoms. The van der Waals surface area contributed by atoms with E-state index in [-0.39, 0.29) is 35.8 Å². The molecule has 2 heterocycles. The molecule has 260 valence electrons. The van der Waals surface area contributed by atoms with Gasteiger partial charge in [-0.15, -0.1) is 0 Å². The smallest absolute Gasteiger partial charge is 0.243 e. The van der Waals surface area contributed by atoms with Gasteiger partial charge in [-0.2, -0.15) is 11.8 Å². The minimum atomic E-state index is -0.185. The number of nitrogens with one attached hydrogen (secondary N) is 2. The molecule has 4 saturated carbocycles. The molecule has 2 aliphatic heterocycles. The van der Waals surface area contributed by atoms with E-state index < -0.39 is 0 Å². The van der Waals surface area contributed by atoms with E-state index in [9.17, 15) is 4.79 Å². The number of anilines is 1. The summed E-state index contributed by atoms with van der Waals surface area (Å²) in [4.78, 5) is 17.5. The van der Waals surface area contributed by atoms with Crippen molar-refractivity contribution in [2.24, 2.45) is 35.1 Å². The highest BCUT2D eigenvalue weighted by Crippen LogP contribution is 2.60. The minimum absolute atomic E-state index is 0.124. The Hall–Kier alpha value is -1.73. The number of thioether (sulfide) groups is 1. The van der Waals surface area contributed by atoms with E-state index in [2.05, 4.69) is 40.2 Å². The third-order valence-corrected chi connectivity index (χ3v) is 15.7. The topological polar surface area (TPSA) is 108 Å². The summed E-state index contributed by atoms with van der Waals surface area (Å²) in [5, 5.41) is 12.0. The van der Waals surface area contributed by atoms with Gasteiger partial charge in [0.25, 0.3) is 0 Å². The molecule has 0 bridgehead atoms. The standard InChI is InChI=1S/C40H63N5OS/c41-31-17-19-32(20-18-31)44-39(46)37-36(27-11-6-2-1-3-7-12-27)33-21-16-28(38(42)43)25-35(33)45(37)26-29-13-10-23-40(34(29)22-24-47-40)30-14-8-4-5-9-15-30/h16,21,25,27,29-32,34,36-37H,1-15,17-20,22-24,26,41H2,(H3,42,43)(H,44,46). The van der Waals surface area contributed by atoms with Crippen molar-refractivity contribution in [1.82, 2.24) is 5.32 Å². The van der Waals surface area contributed by atoms with Gasteiger partial charge in [0.15, 0.2) is 0 Å². The number of nitrogens with two attached hydrogens (primary N) is 2. The lowest BCUT2D eigenvalue weighted by atomic mass is 9.64. The van der Waals surface area contributed by atoms with Crippen LogP contribution in [0.25, 0.3) is 0 Å². The lowest BCUT2D eigenvalue weighted by Crippen LogP contribution is -2.55. The van der Waals surface area contributed by atoms with Crippen LogP contribution >= 0.6 is 11.8 Å². The number of nitrogens with zero attached hydrogens (tertiary/aromatic N) is 1. The number of carbonyl (C=O) groups excluding carboxylic acids is 1. The van der Waals surface area contributed by atoms with Crippen molar-refractivity contribution < 1.29 is 4.79 Å². The molecule has 6 nitrogen and oxygen atoms in total. The molecule has 1 aromatic rings. The zero-order valence-corrected chi connectivity index (χ0v) is 29.8. The Kier molecular flexibility index (Phi) is 10.8. The van der Waals surface area contributed by atoms with Crippen molar-refractivity contribution in [3.8, 4) is 0 Å². The van der Waals surface area contributed by atoms with Gasteiger partial charge in [-0.05, 0) is 112 Å². The van der Waals surface area contributed by atoms with Crippen molar-refractivity contribution >= 4 is 29.2 Å². The van der Waals surface area contributed by atoms with Crippen molar-refractivity contribution in [3.63, 3.8) is 0 Å². The highest BCUT2D eigenvalue weighted by molar-refractivity contribution is 8.00. The summed E-state index contributed by atoms with van der Waals surface area (Å²) in [5.74, 6) is 4.59. The van der Waals surface area contributed by atoms with Crippen LogP contribution in [-0.2, 0) is 4.79 Å². The van der Waals surface area contributed by atoms with Gasteiger partial charge in [0.2, 0.25) is 5.91 Å². The van der Waals surface area contributed by atoms with Crippen LogP contribution in [0.3, 0.4) is 0 Å². The van der Waals surface area contributed by atoms with Crippen LogP contribution in [0.5, 0.6) is 0 Å². The number of hydrogen-bond acceptors (Lipinski definition) is 5. The van der Waals surface area contributed by atoms with E-state index in [1.165, 1.54) is 126 Å². The first-order chi connectivity index (χ1) is 22.9. The van der Waals surface area contributed by atoms with Gasteiger partial charge in [0.05, 0.1) is 0 Å². The molecule has 1 amide bonds. The second kappa shape index (κ2) is 15.0. The molecular weight excluding hydrogens is 599 g/mol. The van der Waals surface area contributed by atoms with Gasteiger partial charge in [-0.25, -0.2) is 0 Å². The van der Waals surface area contributed by atoms with E-state index in [0.29, 0.717) is 16.6 Å². The van der Waals surface area contributed by atoms with Gasteiger partial charge in [0.1, 0.15) is 11.9 Å². The van der Waals surface area contributed by atoms with Gasteiger partial charge < -0.3 is 21.7 Å². The molecule has 7 rings (SSSR count). The molecule has 6 N–H and O–H groups in total. The Morgan fingerprint density at radius 3 is 2.26 bits per heavy atom. The summed E-state index contributed by atoms with van der Waals surface area (Å²) in [5.41, 5.74) is 15.8. The fourth-order valence-electron chi connectivity index (χ4n) is 11.5. The van der Waals surface area contributed by atoms with Crippen molar-refractivity contribution in [2.75, 3.05) is 17.2 Å². The molecule has 6 aliphatic rings. The summed E-state index contributed by atoms with van der Waals surface area (Å²) >= 11 is 2.35. The van der Waals surface area contributed by atoms with Gasteiger partial charge in [0, 0.05) is 40.5 Å². The Morgan fingerprint density at radius 1 is 0.872 bits per heavy atom. The van der Waals surface area contributed by atoms with Gasteiger partial charge in [-0.1, -0.05) is 76.3 Å². The molecule has 1 aromatic carbocycles. The summed E-state index contributed by atoms with van der Waals surface area (Å²) in [6.45, 7) is 0.963. The van der Waals surface area contributed by atoms with Gasteiger partial charge >= 0.3 is 0 Å². The quantitative estimate of drug-likeness (QED) is 0.134. The maximum Gasteiger partial charge on any atom is 0.243 e. The lowest BCUT2D eigenvalue weighted by Gasteiger charge is -2.50. The molecule has 0 spiro atoms. The Morgan fingerprint density at radius 2 is 1.55 bits per heavy atom. The maximum absolute atomic E-state index is 14.9. The highest BCUT2D eigenvalue weighted by atomic mass is 32.2. The average molecular weight is 662 g/mol. The summed E-state index contributed by atoms with van der Waals surface area (Å²) in [6.07, 6.45) is 26.7. The molecule has 5 unspecified atom stereocenters. The second-order valence-corrected chi connectivity index (χ2v) is 18.0. The van der Waals surface area contributed by atoms with E-state index in [1.807, 2.05) is 0 Å². The number of fused-ring (bicyclic) bond motifs is 2. The molecule has 5 fully saturated rings. The van der Waals surface area contributed by atoms with Crippen molar-refractivity contribution in [2.45, 2.75) is 164 Å². The third kappa shape index (κ3) is 7.00. The Bertz CT molecular complexity index is 1230. The fourth-order valence-corrected chi connectivity index (χ4v) is 13.5. The van der Waals surface area contributed by atoms with Crippen LogP contribution in [-0.4, -0.2) is 46.9 Å². The zero-order chi connectivity index (χ0) is 32.4. The molecule has 7 heteroatoms. The first-order valence-corrected chi connectivity index (χ1v) is 20.9. The number of hydrogen-bond donors (Lipinski definition) is 4. The van der Waals surface area contributed by atoms with Crippen molar-refractivity contribution in [3.05, 3.63) is 29.3 Å². The molecular formula is C40H63N5OS. The van der Waals surface area contributed by atoms with Gasteiger partial charge in [-0.3, -0.25) is 10.2 Å². The largest absolute Gasteiger partial charge is 0.384 e. The van der Waals surface area contributed by atoms with E-state index >= 15 is 0 Å². The predicted molar refractivity (Wildman–Crippen MR) is 197 cm³/mol. The SMILES string of the molecule is N=C(N)c1ccc2c(c1)N(CC1CCCC3(C4CCCCCC4)SCCC13)C(C(=O)NC1CCC(N)CC1)C2C1CCCCCCC1. The summed E-state index contributed by atoms with van der Waals surface area (Å²) in [6, 6.07) is 6.82. The molecule has 0 radical (unpaired) electrons. The second-order valence-electron chi connectivity index (χ2n) is 16.6. The zero-order valence-electron chi connectivity index (χ0n) is 29.0. The normalized spacial score (nSPS) is 35.7. The number of carbonyl (C=O) groups is 1. The minimum Gasteiger partial charge on any atom is -0.384 e. The number of amidine groups is 1. The Labute approximate surface area is 289 Å². The van der Waals surface area contributed by atoms with Crippen LogP contribution < -0.4 is 21.7 Å². The number of nitrogen functional groups attached to an aromatic ring is 1. The molecule has 5 atom stereocenters. The van der Waals surface area contributed by atoms with Crippen LogP contribution in [0.1, 0.15) is 152 Å².